The van der Waals surface area contributed by atoms with Gasteiger partial charge in [-0.2, -0.15) is 0 Å². The number of hydrogen-bond acceptors (Lipinski definition) is 4. The van der Waals surface area contributed by atoms with Crippen molar-refractivity contribution in [3.05, 3.63) is 18.2 Å². The summed E-state index contributed by atoms with van der Waals surface area (Å²) in [5.74, 6) is -0.286. The van der Waals surface area contributed by atoms with Crippen molar-refractivity contribution in [2.75, 3.05) is 7.11 Å². The van der Waals surface area contributed by atoms with Crippen LogP contribution in [0.25, 0.3) is 0 Å². The van der Waals surface area contributed by atoms with Crippen molar-refractivity contribution >= 4 is 5.97 Å². The normalized spacial score (nSPS) is 17.5. The van der Waals surface area contributed by atoms with Crippen molar-refractivity contribution < 1.29 is 9.53 Å². The molecule has 82 valence electrons. The molecule has 2 rings (SSSR count). The predicted molar refractivity (Wildman–Crippen MR) is 54.1 cm³/mol. The lowest BCUT2D eigenvalue weighted by atomic mass is 10.1. The number of ether oxygens (including phenoxy) is 1. The second-order valence-corrected chi connectivity index (χ2v) is 3.84. The van der Waals surface area contributed by atoms with E-state index in [0.717, 1.165) is 5.69 Å². The minimum absolute atomic E-state index is 0.203. The summed E-state index contributed by atoms with van der Waals surface area (Å²) < 4.78 is 6.65. The van der Waals surface area contributed by atoms with Gasteiger partial charge in [0.2, 0.25) is 0 Å². The summed E-state index contributed by atoms with van der Waals surface area (Å²) in [5.41, 5.74) is 6.84. The van der Waals surface area contributed by atoms with Crippen molar-refractivity contribution in [2.45, 2.75) is 31.3 Å². The molecule has 1 aromatic heterocycles. The van der Waals surface area contributed by atoms with Crippen molar-refractivity contribution in [1.29, 1.82) is 0 Å². The van der Waals surface area contributed by atoms with Crippen molar-refractivity contribution in [3.8, 4) is 0 Å². The van der Waals surface area contributed by atoms with Gasteiger partial charge in [0.15, 0.2) is 0 Å². The molecule has 5 nitrogen and oxygen atoms in total. The Labute approximate surface area is 88.2 Å². The molecule has 15 heavy (non-hydrogen) atoms. The average molecular weight is 209 g/mol. The molecule has 0 aromatic carbocycles. The first-order valence-electron chi connectivity index (χ1n) is 5.06. The molecule has 0 bridgehead atoms. The van der Waals surface area contributed by atoms with Gasteiger partial charge in [0.1, 0.15) is 0 Å². The monoisotopic (exact) mass is 209 g/mol. The number of rotatable bonds is 4. The van der Waals surface area contributed by atoms with E-state index in [1.54, 1.807) is 12.5 Å². The molecule has 0 unspecified atom stereocenters. The Morgan fingerprint density at radius 2 is 2.53 bits per heavy atom. The van der Waals surface area contributed by atoms with Crippen LogP contribution in [0.5, 0.6) is 0 Å². The Morgan fingerprint density at radius 3 is 3.13 bits per heavy atom. The maximum absolute atomic E-state index is 11.1. The molecule has 1 fully saturated rings. The number of methoxy groups -OCH3 is 1. The van der Waals surface area contributed by atoms with Crippen molar-refractivity contribution in [1.82, 2.24) is 9.55 Å². The Kier molecular flexibility index (Phi) is 2.73. The molecule has 1 atom stereocenters. The molecule has 0 spiro atoms. The van der Waals surface area contributed by atoms with Crippen LogP contribution in [0.2, 0.25) is 0 Å². The minimum atomic E-state index is -0.319. The second-order valence-electron chi connectivity index (χ2n) is 3.84. The third kappa shape index (κ3) is 2.18. The number of imidazole rings is 1. The highest BCUT2D eigenvalue weighted by Gasteiger charge is 2.27. The van der Waals surface area contributed by atoms with Crippen molar-refractivity contribution in [3.63, 3.8) is 0 Å². The van der Waals surface area contributed by atoms with Crippen LogP contribution in [0.1, 0.15) is 37.0 Å². The third-order valence-corrected chi connectivity index (χ3v) is 2.63. The summed E-state index contributed by atoms with van der Waals surface area (Å²) in [6.07, 6.45) is 6.06. The molecule has 1 aromatic rings. The van der Waals surface area contributed by atoms with Crippen LogP contribution in [0.15, 0.2) is 12.5 Å². The van der Waals surface area contributed by atoms with Crippen LogP contribution in [-0.2, 0) is 9.53 Å². The van der Waals surface area contributed by atoms with Crippen LogP contribution >= 0.6 is 0 Å². The number of carbonyl (C=O) groups excluding carboxylic acids is 1. The largest absolute Gasteiger partial charge is 0.469 e. The zero-order valence-electron chi connectivity index (χ0n) is 8.72. The van der Waals surface area contributed by atoms with Gasteiger partial charge in [-0.25, -0.2) is 4.98 Å². The number of hydrogen-bond donors (Lipinski definition) is 1. The number of esters is 1. The molecule has 0 saturated heterocycles. The van der Waals surface area contributed by atoms with Crippen LogP contribution in [0, 0.1) is 0 Å². The van der Waals surface area contributed by atoms with E-state index in [2.05, 4.69) is 14.3 Å². The van der Waals surface area contributed by atoms with E-state index in [1.807, 2.05) is 0 Å². The van der Waals surface area contributed by atoms with E-state index in [0.29, 0.717) is 6.04 Å². The Balaban J connectivity index is 2.07. The van der Waals surface area contributed by atoms with Crippen molar-refractivity contribution in [2.24, 2.45) is 5.73 Å². The molecule has 1 heterocycles. The molecule has 1 saturated carbocycles. The standard InChI is InChI=1S/C10H15N3O2/c1-15-10(14)4-8(11)9-5-12-6-13(9)7-2-3-7/h5-8H,2-4,11H2,1H3/t8-/m1/s1. The van der Waals surface area contributed by atoms with Gasteiger partial charge in [0, 0.05) is 12.2 Å². The third-order valence-electron chi connectivity index (χ3n) is 2.63. The summed E-state index contributed by atoms with van der Waals surface area (Å²) in [7, 11) is 1.37. The molecule has 0 radical (unpaired) electrons. The Bertz CT molecular complexity index is 357. The van der Waals surface area contributed by atoms with Crippen LogP contribution < -0.4 is 5.73 Å². The van der Waals surface area contributed by atoms with Gasteiger partial charge in [-0.3, -0.25) is 4.79 Å². The lowest BCUT2D eigenvalue weighted by Gasteiger charge is -2.12. The first-order valence-corrected chi connectivity index (χ1v) is 5.06. The summed E-state index contributed by atoms with van der Waals surface area (Å²) in [4.78, 5) is 15.2. The van der Waals surface area contributed by atoms with E-state index in [1.165, 1.54) is 20.0 Å². The first-order chi connectivity index (χ1) is 7.22. The summed E-state index contributed by atoms with van der Waals surface area (Å²) in [6.45, 7) is 0. The first kappa shape index (κ1) is 10.2. The fourth-order valence-electron chi connectivity index (χ4n) is 1.63. The molecular weight excluding hydrogens is 194 g/mol. The van der Waals surface area contributed by atoms with Gasteiger partial charge in [0.25, 0.3) is 0 Å². The Hall–Kier alpha value is -1.36. The zero-order valence-corrected chi connectivity index (χ0v) is 8.72. The molecule has 0 amide bonds. The van der Waals surface area contributed by atoms with Crippen LogP contribution in [-0.4, -0.2) is 22.6 Å². The zero-order chi connectivity index (χ0) is 10.8. The molecule has 1 aliphatic carbocycles. The fraction of sp³-hybridized carbons (Fsp3) is 0.600. The van der Waals surface area contributed by atoms with Gasteiger partial charge >= 0.3 is 5.97 Å². The molecule has 0 aliphatic heterocycles. The average Bonchev–Trinajstić information content (AvgIpc) is 2.95. The van der Waals surface area contributed by atoms with Gasteiger partial charge in [-0.1, -0.05) is 0 Å². The summed E-state index contributed by atoms with van der Waals surface area (Å²) >= 11 is 0. The van der Waals surface area contributed by atoms with Crippen LogP contribution in [0.4, 0.5) is 0 Å². The van der Waals surface area contributed by atoms with Gasteiger partial charge < -0.3 is 15.0 Å². The highest BCUT2D eigenvalue weighted by atomic mass is 16.5. The predicted octanol–water partition coefficient (Wildman–Crippen LogP) is 0.781. The van der Waals surface area contributed by atoms with E-state index in [4.69, 9.17) is 5.73 Å². The number of nitrogens with zero attached hydrogens (tertiary/aromatic N) is 2. The molecule has 1 aliphatic rings. The van der Waals surface area contributed by atoms with Gasteiger partial charge in [-0.15, -0.1) is 0 Å². The van der Waals surface area contributed by atoms with E-state index >= 15 is 0 Å². The number of nitrogens with two attached hydrogens (primary N) is 1. The Morgan fingerprint density at radius 1 is 1.80 bits per heavy atom. The quantitative estimate of drug-likeness (QED) is 0.744. The number of carbonyl (C=O) groups is 1. The smallest absolute Gasteiger partial charge is 0.307 e. The van der Waals surface area contributed by atoms with Gasteiger partial charge in [0.05, 0.1) is 31.6 Å². The molecular formula is C10H15N3O2. The lowest BCUT2D eigenvalue weighted by Crippen LogP contribution is -2.19. The molecule has 2 N–H and O–H groups in total. The van der Waals surface area contributed by atoms with E-state index in [9.17, 15) is 4.79 Å². The lowest BCUT2D eigenvalue weighted by molar-refractivity contribution is -0.141. The highest BCUT2D eigenvalue weighted by Crippen LogP contribution is 2.36. The maximum Gasteiger partial charge on any atom is 0.307 e. The van der Waals surface area contributed by atoms with Crippen LogP contribution in [0.3, 0.4) is 0 Å². The maximum atomic E-state index is 11.1. The van der Waals surface area contributed by atoms with Gasteiger partial charge in [-0.05, 0) is 12.8 Å². The van der Waals surface area contributed by atoms with E-state index in [-0.39, 0.29) is 18.4 Å². The minimum Gasteiger partial charge on any atom is -0.469 e. The summed E-state index contributed by atoms with van der Waals surface area (Å²) in [6, 6.07) is 0.215. The second kappa shape index (κ2) is 4.02. The molecule has 5 heteroatoms. The topological polar surface area (TPSA) is 70.1 Å². The number of aromatic nitrogens is 2. The summed E-state index contributed by atoms with van der Waals surface area (Å²) in [5, 5.41) is 0. The highest BCUT2D eigenvalue weighted by molar-refractivity contribution is 5.70. The SMILES string of the molecule is COC(=O)C[C@@H](N)c1cncn1C1CC1. The van der Waals surface area contributed by atoms with E-state index < -0.39 is 0 Å². The fourth-order valence-corrected chi connectivity index (χ4v) is 1.63.